The summed E-state index contributed by atoms with van der Waals surface area (Å²) < 4.78 is 5.76. The van der Waals surface area contributed by atoms with Crippen molar-refractivity contribution in [3.8, 4) is 0 Å². The molecule has 0 aromatic heterocycles. The number of hydrogen-bond donors (Lipinski definition) is 1. The van der Waals surface area contributed by atoms with Crippen molar-refractivity contribution in [1.29, 1.82) is 0 Å². The van der Waals surface area contributed by atoms with Gasteiger partial charge in [-0.3, -0.25) is 4.90 Å². The molecule has 1 aliphatic rings. The van der Waals surface area contributed by atoms with Gasteiger partial charge in [-0.25, -0.2) is 0 Å². The van der Waals surface area contributed by atoms with Crippen LogP contribution in [0.1, 0.15) is 52.9 Å². The Morgan fingerprint density at radius 1 is 1.17 bits per heavy atom. The molecule has 18 heavy (non-hydrogen) atoms. The third kappa shape index (κ3) is 6.17. The van der Waals surface area contributed by atoms with Gasteiger partial charge >= 0.3 is 0 Å². The van der Waals surface area contributed by atoms with Crippen LogP contribution >= 0.6 is 0 Å². The lowest BCUT2D eigenvalue weighted by Gasteiger charge is -2.35. The third-order valence-corrected chi connectivity index (χ3v) is 3.85. The smallest absolute Gasteiger partial charge is 0.0678 e. The minimum Gasteiger partial charge on any atom is -0.373 e. The molecule has 0 aromatic carbocycles. The highest BCUT2D eigenvalue weighted by Crippen LogP contribution is 2.18. The molecule has 0 bridgehead atoms. The Labute approximate surface area is 113 Å². The van der Waals surface area contributed by atoms with Crippen LogP contribution in [0.2, 0.25) is 0 Å². The second-order valence-corrected chi connectivity index (χ2v) is 5.89. The normalized spacial score (nSPS) is 27.3. The van der Waals surface area contributed by atoms with Gasteiger partial charge in [-0.2, -0.15) is 0 Å². The first-order valence-corrected chi connectivity index (χ1v) is 7.73. The van der Waals surface area contributed by atoms with Crippen molar-refractivity contribution in [2.45, 2.75) is 65.1 Å². The van der Waals surface area contributed by atoms with Gasteiger partial charge < -0.3 is 10.5 Å². The maximum atomic E-state index is 5.76. The standard InChI is InChI=1S/C15H32N2O/c1-4-6-15(8-9-16)7-5-10-17-11-13(2)18-14(3)12-17/h13-15H,4-12,16H2,1-3H3/t13-,14+,15?. The van der Waals surface area contributed by atoms with Crippen LogP contribution in [-0.4, -0.2) is 43.3 Å². The fraction of sp³-hybridized carbons (Fsp3) is 1.00. The fourth-order valence-corrected chi connectivity index (χ4v) is 3.15. The lowest BCUT2D eigenvalue weighted by Crippen LogP contribution is -2.45. The SMILES string of the molecule is CCCC(CCN)CCCN1C[C@@H](C)O[C@@H](C)C1. The number of nitrogens with two attached hydrogens (primary N) is 1. The van der Waals surface area contributed by atoms with Gasteiger partial charge in [-0.15, -0.1) is 0 Å². The summed E-state index contributed by atoms with van der Waals surface area (Å²) in [4.78, 5) is 2.56. The van der Waals surface area contributed by atoms with Crippen molar-refractivity contribution in [2.75, 3.05) is 26.2 Å². The molecule has 2 N–H and O–H groups in total. The maximum Gasteiger partial charge on any atom is 0.0678 e. The molecule has 3 nitrogen and oxygen atoms in total. The average molecular weight is 256 g/mol. The van der Waals surface area contributed by atoms with Crippen molar-refractivity contribution in [1.82, 2.24) is 4.90 Å². The first kappa shape index (κ1) is 15.9. The van der Waals surface area contributed by atoms with Crippen molar-refractivity contribution >= 4 is 0 Å². The first-order valence-electron chi connectivity index (χ1n) is 7.73. The summed E-state index contributed by atoms with van der Waals surface area (Å²) in [6, 6.07) is 0. The molecule has 108 valence electrons. The topological polar surface area (TPSA) is 38.5 Å². The van der Waals surface area contributed by atoms with Crippen LogP contribution < -0.4 is 5.73 Å². The van der Waals surface area contributed by atoms with Crippen LogP contribution in [0.25, 0.3) is 0 Å². The molecule has 0 saturated carbocycles. The summed E-state index contributed by atoms with van der Waals surface area (Å²) in [7, 11) is 0. The molecule has 1 unspecified atom stereocenters. The molecule has 3 heteroatoms. The zero-order chi connectivity index (χ0) is 13.4. The molecule has 0 aromatic rings. The molecule has 0 aliphatic carbocycles. The average Bonchev–Trinajstić information content (AvgIpc) is 2.28. The number of ether oxygens (including phenoxy) is 1. The van der Waals surface area contributed by atoms with E-state index in [9.17, 15) is 0 Å². The summed E-state index contributed by atoms with van der Waals surface area (Å²) in [5.74, 6) is 0.843. The molecule has 1 saturated heterocycles. The van der Waals surface area contributed by atoms with Gasteiger partial charge in [0.05, 0.1) is 12.2 Å². The monoisotopic (exact) mass is 256 g/mol. The van der Waals surface area contributed by atoms with Crippen LogP contribution in [-0.2, 0) is 4.74 Å². The zero-order valence-corrected chi connectivity index (χ0v) is 12.5. The van der Waals surface area contributed by atoms with Crippen molar-refractivity contribution < 1.29 is 4.74 Å². The predicted molar refractivity (Wildman–Crippen MR) is 77.8 cm³/mol. The second kappa shape index (κ2) is 8.89. The van der Waals surface area contributed by atoms with Gasteiger partial charge in [0.2, 0.25) is 0 Å². The Morgan fingerprint density at radius 2 is 1.83 bits per heavy atom. The Balaban J connectivity index is 2.18. The Kier molecular flexibility index (Phi) is 7.87. The molecule has 1 heterocycles. The second-order valence-electron chi connectivity index (χ2n) is 5.89. The molecular formula is C15H32N2O. The van der Waals surface area contributed by atoms with Crippen LogP contribution in [0.4, 0.5) is 0 Å². The quantitative estimate of drug-likeness (QED) is 0.725. The van der Waals surface area contributed by atoms with Gasteiger partial charge in [0.25, 0.3) is 0 Å². The van der Waals surface area contributed by atoms with E-state index < -0.39 is 0 Å². The minimum atomic E-state index is 0.393. The lowest BCUT2D eigenvalue weighted by atomic mass is 9.94. The van der Waals surface area contributed by atoms with E-state index in [1.165, 1.54) is 38.6 Å². The number of rotatable bonds is 8. The summed E-state index contributed by atoms with van der Waals surface area (Å²) in [5, 5.41) is 0. The molecule has 0 amide bonds. The minimum absolute atomic E-state index is 0.393. The van der Waals surface area contributed by atoms with E-state index in [0.717, 1.165) is 25.6 Å². The van der Waals surface area contributed by atoms with Crippen molar-refractivity contribution in [2.24, 2.45) is 11.7 Å². The summed E-state index contributed by atoms with van der Waals surface area (Å²) >= 11 is 0. The van der Waals surface area contributed by atoms with Crippen LogP contribution in [0, 0.1) is 5.92 Å². The third-order valence-electron chi connectivity index (χ3n) is 3.85. The summed E-state index contributed by atoms with van der Waals surface area (Å²) in [5.41, 5.74) is 5.68. The molecule has 1 rings (SSSR count). The number of morpholine rings is 1. The van der Waals surface area contributed by atoms with Crippen molar-refractivity contribution in [3.05, 3.63) is 0 Å². The highest BCUT2D eigenvalue weighted by atomic mass is 16.5. The van der Waals surface area contributed by atoms with E-state index >= 15 is 0 Å². The Hall–Kier alpha value is -0.120. The van der Waals surface area contributed by atoms with E-state index in [1.54, 1.807) is 0 Å². The van der Waals surface area contributed by atoms with Gasteiger partial charge in [0.15, 0.2) is 0 Å². The Bertz CT molecular complexity index is 195. The maximum absolute atomic E-state index is 5.76. The van der Waals surface area contributed by atoms with E-state index in [-0.39, 0.29) is 0 Å². The predicted octanol–water partition coefficient (Wildman–Crippen LogP) is 2.64. The molecule has 0 spiro atoms. The molecule has 0 radical (unpaired) electrons. The van der Waals surface area contributed by atoms with Crippen LogP contribution in [0.3, 0.4) is 0 Å². The van der Waals surface area contributed by atoms with Crippen LogP contribution in [0.15, 0.2) is 0 Å². The van der Waals surface area contributed by atoms with E-state index in [4.69, 9.17) is 10.5 Å². The molecular weight excluding hydrogens is 224 g/mol. The molecule has 3 atom stereocenters. The largest absolute Gasteiger partial charge is 0.373 e. The van der Waals surface area contributed by atoms with E-state index in [2.05, 4.69) is 25.7 Å². The highest BCUT2D eigenvalue weighted by Gasteiger charge is 2.21. The molecule has 1 fully saturated rings. The number of nitrogens with zero attached hydrogens (tertiary/aromatic N) is 1. The van der Waals surface area contributed by atoms with Gasteiger partial charge in [0.1, 0.15) is 0 Å². The first-order chi connectivity index (χ1) is 8.65. The summed E-state index contributed by atoms with van der Waals surface area (Å²) in [6.45, 7) is 10.9. The van der Waals surface area contributed by atoms with E-state index in [1.807, 2.05) is 0 Å². The lowest BCUT2D eigenvalue weighted by molar-refractivity contribution is -0.0683. The Morgan fingerprint density at radius 3 is 2.39 bits per heavy atom. The fourth-order valence-electron chi connectivity index (χ4n) is 3.15. The van der Waals surface area contributed by atoms with Crippen molar-refractivity contribution in [3.63, 3.8) is 0 Å². The number of hydrogen-bond acceptors (Lipinski definition) is 3. The summed E-state index contributed by atoms with van der Waals surface area (Å²) in [6.07, 6.45) is 7.26. The molecule has 1 aliphatic heterocycles. The van der Waals surface area contributed by atoms with Crippen LogP contribution in [0.5, 0.6) is 0 Å². The van der Waals surface area contributed by atoms with Gasteiger partial charge in [-0.05, 0) is 52.1 Å². The van der Waals surface area contributed by atoms with E-state index in [0.29, 0.717) is 12.2 Å². The van der Waals surface area contributed by atoms with Gasteiger partial charge in [-0.1, -0.05) is 19.8 Å². The zero-order valence-electron chi connectivity index (χ0n) is 12.5. The highest BCUT2D eigenvalue weighted by molar-refractivity contribution is 4.73. The van der Waals surface area contributed by atoms with Gasteiger partial charge in [0, 0.05) is 13.1 Å².